The van der Waals surface area contributed by atoms with E-state index in [0.29, 0.717) is 25.5 Å². The molecule has 1 fully saturated rings. The summed E-state index contributed by atoms with van der Waals surface area (Å²) in [6.45, 7) is 1.83. The highest BCUT2D eigenvalue weighted by Crippen LogP contribution is 2.24. The average molecular weight is 363 g/mol. The maximum atomic E-state index is 13.0. The Balaban J connectivity index is 1.44. The summed E-state index contributed by atoms with van der Waals surface area (Å²) >= 11 is 0. The van der Waals surface area contributed by atoms with Crippen LogP contribution in [0.25, 0.3) is 0 Å². The number of rotatable bonds is 5. The molecule has 3 aromatic rings. The quantitative estimate of drug-likeness (QED) is 0.686. The van der Waals surface area contributed by atoms with Gasteiger partial charge in [0.2, 0.25) is 0 Å². The van der Waals surface area contributed by atoms with Crippen LogP contribution in [0.1, 0.15) is 27.8 Å². The zero-order valence-corrected chi connectivity index (χ0v) is 14.9. The average Bonchev–Trinajstić information content (AvgIpc) is 3.22. The number of carbonyl (C=O) groups is 1. The fraction of sp³-hybridized carbons (Fsp3) is 0.227. The predicted octanol–water partition coefficient (Wildman–Crippen LogP) is 4.07. The van der Waals surface area contributed by atoms with E-state index < -0.39 is 0 Å². The van der Waals surface area contributed by atoms with Crippen molar-refractivity contribution in [2.24, 2.45) is 0 Å². The molecular weight excluding hydrogens is 342 g/mol. The van der Waals surface area contributed by atoms with Crippen LogP contribution >= 0.6 is 0 Å². The van der Waals surface area contributed by atoms with Gasteiger partial charge in [-0.25, -0.2) is 0 Å². The van der Waals surface area contributed by atoms with Crippen molar-refractivity contribution in [1.29, 1.82) is 0 Å². The zero-order chi connectivity index (χ0) is 18.5. The summed E-state index contributed by atoms with van der Waals surface area (Å²) in [5, 5.41) is 0. The highest BCUT2D eigenvalue weighted by atomic mass is 16.5. The maximum Gasteiger partial charge on any atom is 0.290 e. The summed E-state index contributed by atoms with van der Waals surface area (Å²) in [6, 6.07) is 21.3. The predicted molar refractivity (Wildman–Crippen MR) is 101 cm³/mol. The molecule has 1 saturated heterocycles. The molecule has 27 heavy (non-hydrogen) atoms. The van der Waals surface area contributed by atoms with Crippen LogP contribution in [0.3, 0.4) is 0 Å². The molecule has 1 amide bonds. The summed E-state index contributed by atoms with van der Waals surface area (Å²) in [6.07, 6.45) is 1.41. The van der Waals surface area contributed by atoms with Gasteiger partial charge in [0.05, 0.1) is 19.4 Å². The second kappa shape index (κ2) is 8.10. The van der Waals surface area contributed by atoms with Crippen LogP contribution < -0.4 is 4.74 Å². The Hall–Kier alpha value is -3.05. The fourth-order valence-electron chi connectivity index (χ4n) is 3.16. The first-order chi connectivity index (χ1) is 13.3. The van der Waals surface area contributed by atoms with Crippen LogP contribution in [0.4, 0.5) is 0 Å². The van der Waals surface area contributed by atoms with Crippen LogP contribution in [0, 0.1) is 0 Å². The third-order valence-electron chi connectivity index (χ3n) is 4.60. The van der Waals surface area contributed by atoms with Gasteiger partial charge in [-0.1, -0.05) is 48.5 Å². The lowest BCUT2D eigenvalue weighted by Crippen LogP contribution is -2.42. The lowest BCUT2D eigenvalue weighted by atomic mass is 10.1. The molecule has 0 bridgehead atoms. The highest BCUT2D eigenvalue weighted by molar-refractivity contribution is 5.93. The topological polar surface area (TPSA) is 51.9 Å². The Kier molecular flexibility index (Phi) is 5.21. The lowest BCUT2D eigenvalue weighted by molar-refractivity contribution is -0.0238. The number of carbonyl (C=O) groups excluding carboxylic acids is 1. The first-order valence-electron chi connectivity index (χ1n) is 9.01. The number of benzene rings is 2. The van der Waals surface area contributed by atoms with E-state index in [-0.39, 0.29) is 18.6 Å². The number of furan rings is 1. The van der Waals surface area contributed by atoms with Crippen molar-refractivity contribution < 1.29 is 18.7 Å². The SMILES string of the molecule is O=C(c1occc1COc1ccccc1)N1CCOC(c2ccccc2)C1. The molecule has 0 N–H and O–H groups in total. The van der Waals surface area contributed by atoms with Crippen LogP contribution in [0.2, 0.25) is 0 Å². The monoisotopic (exact) mass is 363 g/mol. The van der Waals surface area contributed by atoms with E-state index >= 15 is 0 Å². The Morgan fingerprint density at radius 2 is 1.78 bits per heavy atom. The van der Waals surface area contributed by atoms with Gasteiger partial charge >= 0.3 is 0 Å². The van der Waals surface area contributed by atoms with E-state index in [0.717, 1.165) is 16.9 Å². The maximum absolute atomic E-state index is 13.0. The lowest BCUT2D eigenvalue weighted by Gasteiger charge is -2.32. The number of ether oxygens (including phenoxy) is 2. The molecule has 1 aromatic heterocycles. The minimum absolute atomic E-state index is 0.122. The van der Waals surface area contributed by atoms with E-state index in [1.165, 1.54) is 6.26 Å². The highest BCUT2D eigenvalue weighted by Gasteiger charge is 2.29. The molecular formula is C22H21NO4. The van der Waals surface area contributed by atoms with Crippen molar-refractivity contribution in [3.63, 3.8) is 0 Å². The molecule has 0 saturated carbocycles. The Labute approximate surface area is 158 Å². The van der Waals surface area contributed by atoms with E-state index in [4.69, 9.17) is 13.9 Å². The summed E-state index contributed by atoms with van der Waals surface area (Å²) in [7, 11) is 0. The number of hydrogen-bond acceptors (Lipinski definition) is 4. The van der Waals surface area contributed by atoms with Gasteiger partial charge in [-0.15, -0.1) is 0 Å². The van der Waals surface area contributed by atoms with Crippen LogP contribution in [0.5, 0.6) is 5.75 Å². The third kappa shape index (κ3) is 4.04. The molecule has 5 heteroatoms. The van der Waals surface area contributed by atoms with Crippen molar-refractivity contribution in [3.05, 3.63) is 89.9 Å². The van der Waals surface area contributed by atoms with E-state index in [9.17, 15) is 4.79 Å². The van der Waals surface area contributed by atoms with Gasteiger partial charge in [0.25, 0.3) is 5.91 Å². The van der Waals surface area contributed by atoms with Gasteiger partial charge in [-0.2, -0.15) is 0 Å². The van der Waals surface area contributed by atoms with Crippen molar-refractivity contribution in [3.8, 4) is 5.75 Å². The zero-order valence-electron chi connectivity index (χ0n) is 14.9. The van der Waals surface area contributed by atoms with Gasteiger partial charge in [0.1, 0.15) is 18.5 Å². The van der Waals surface area contributed by atoms with E-state index in [1.54, 1.807) is 11.0 Å². The number of hydrogen-bond donors (Lipinski definition) is 0. The van der Waals surface area contributed by atoms with Crippen molar-refractivity contribution >= 4 is 5.91 Å². The molecule has 1 unspecified atom stereocenters. The molecule has 1 aliphatic heterocycles. The molecule has 4 rings (SSSR count). The molecule has 0 spiro atoms. The molecule has 138 valence electrons. The van der Waals surface area contributed by atoms with E-state index in [1.807, 2.05) is 60.7 Å². The van der Waals surface area contributed by atoms with Crippen LogP contribution in [0.15, 0.2) is 77.4 Å². The third-order valence-corrected chi connectivity index (χ3v) is 4.60. The molecule has 2 heterocycles. The largest absolute Gasteiger partial charge is 0.489 e. The number of morpholine rings is 1. The molecule has 5 nitrogen and oxygen atoms in total. The number of amides is 1. The van der Waals surface area contributed by atoms with Gasteiger partial charge in [0, 0.05) is 12.1 Å². The Bertz CT molecular complexity index is 876. The second-order valence-electron chi connectivity index (χ2n) is 6.40. The van der Waals surface area contributed by atoms with Gasteiger partial charge in [0.15, 0.2) is 5.76 Å². The smallest absolute Gasteiger partial charge is 0.290 e. The molecule has 2 aromatic carbocycles. The first-order valence-corrected chi connectivity index (χ1v) is 9.01. The number of nitrogens with zero attached hydrogens (tertiary/aromatic N) is 1. The summed E-state index contributed by atoms with van der Waals surface area (Å²) in [5.41, 5.74) is 1.81. The standard InChI is InChI=1S/C22H21NO4/c24-22(23-12-14-25-20(15-23)17-7-3-1-4-8-17)21-18(11-13-26-21)16-27-19-9-5-2-6-10-19/h1-11,13,20H,12,14-16H2. The molecule has 1 atom stereocenters. The van der Waals surface area contributed by atoms with Gasteiger partial charge < -0.3 is 18.8 Å². The minimum atomic E-state index is -0.129. The summed E-state index contributed by atoms with van der Waals surface area (Å²) in [4.78, 5) is 14.8. The fourth-order valence-corrected chi connectivity index (χ4v) is 3.16. The Morgan fingerprint density at radius 1 is 1.04 bits per heavy atom. The normalized spacial score (nSPS) is 16.9. The summed E-state index contributed by atoms with van der Waals surface area (Å²) < 4.78 is 17.1. The van der Waals surface area contributed by atoms with E-state index in [2.05, 4.69) is 0 Å². The van der Waals surface area contributed by atoms with Crippen LogP contribution in [-0.4, -0.2) is 30.5 Å². The molecule has 0 aliphatic carbocycles. The second-order valence-corrected chi connectivity index (χ2v) is 6.40. The van der Waals surface area contributed by atoms with Crippen molar-refractivity contribution in [2.45, 2.75) is 12.7 Å². The molecule has 1 aliphatic rings. The van der Waals surface area contributed by atoms with Crippen molar-refractivity contribution in [2.75, 3.05) is 19.7 Å². The molecule has 0 radical (unpaired) electrons. The number of para-hydroxylation sites is 1. The Morgan fingerprint density at radius 3 is 2.56 bits per heavy atom. The summed E-state index contributed by atoms with van der Waals surface area (Å²) in [5.74, 6) is 0.961. The first kappa shape index (κ1) is 17.4. The van der Waals surface area contributed by atoms with Gasteiger partial charge in [-0.05, 0) is 23.8 Å². The van der Waals surface area contributed by atoms with Crippen molar-refractivity contribution in [1.82, 2.24) is 4.90 Å². The minimum Gasteiger partial charge on any atom is -0.489 e. The van der Waals surface area contributed by atoms with Crippen LogP contribution in [-0.2, 0) is 11.3 Å². The van der Waals surface area contributed by atoms with Gasteiger partial charge in [-0.3, -0.25) is 4.79 Å².